The van der Waals surface area contributed by atoms with E-state index in [1.54, 1.807) is 13.0 Å². The largest absolute Gasteiger partial charge is 0.485 e. The maximum absolute atomic E-state index is 12.6. The lowest BCUT2D eigenvalue weighted by molar-refractivity contribution is 0.146. The van der Waals surface area contributed by atoms with Crippen LogP contribution in [0.25, 0.3) is 0 Å². The zero-order chi connectivity index (χ0) is 18.5. The number of aryl methyl sites for hydroxylation is 1. The van der Waals surface area contributed by atoms with Gasteiger partial charge in [-0.25, -0.2) is 8.78 Å². The van der Waals surface area contributed by atoms with Gasteiger partial charge in [0.25, 0.3) is 6.43 Å². The molecule has 0 aliphatic heterocycles. The Morgan fingerprint density at radius 3 is 2.50 bits per heavy atom. The van der Waals surface area contributed by atoms with E-state index in [1.807, 2.05) is 31.2 Å². The number of anilines is 1. The van der Waals surface area contributed by atoms with Crippen LogP contribution in [0.1, 0.15) is 42.4 Å². The highest BCUT2D eigenvalue weighted by Gasteiger charge is 2.11. The maximum Gasteiger partial charge on any atom is 0.280 e. The normalized spacial score (nSPS) is 12.2. The molecule has 0 spiro atoms. The molecule has 1 N–H and O–H groups in total. The fourth-order valence-electron chi connectivity index (χ4n) is 2.33. The Kier molecular flexibility index (Phi) is 5.40. The van der Waals surface area contributed by atoms with Crippen molar-refractivity contribution in [2.45, 2.75) is 32.9 Å². The lowest BCUT2D eigenvalue weighted by atomic mass is 10.1. The lowest BCUT2D eigenvalue weighted by Gasteiger charge is -2.16. The van der Waals surface area contributed by atoms with Crippen molar-refractivity contribution in [1.82, 2.24) is 15.1 Å². The molecule has 1 atom stereocenters. The fraction of sp³-hybridized carbons (Fsp3) is 0.278. The Balaban J connectivity index is 1.56. The van der Waals surface area contributed by atoms with Gasteiger partial charge in [-0.3, -0.25) is 4.98 Å². The SMILES string of the molecule is Cc1nc(COc2ccc(NC(C)c3ccc(C(F)F)nc3)cc2)no1. The first kappa shape index (κ1) is 17.8. The number of aromatic nitrogens is 3. The summed E-state index contributed by atoms with van der Waals surface area (Å²) in [5.41, 5.74) is 1.47. The van der Waals surface area contributed by atoms with E-state index in [-0.39, 0.29) is 18.3 Å². The highest BCUT2D eigenvalue weighted by Crippen LogP contribution is 2.23. The van der Waals surface area contributed by atoms with E-state index in [9.17, 15) is 8.78 Å². The highest BCUT2D eigenvalue weighted by atomic mass is 19.3. The Morgan fingerprint density at radius 2 is 1.92 bits per heavy atom. The molecule has 0 saturated heterocycles. The van der Waals surface area contributed by atoms with Crippen molar-refractivity contribution in [3.8, 4) is 5.75 Å². The van der Waals surface area contributed by atoms with Crippen LogP contribution in [0.3, 0.4) is 0 Å². The predicted octanol–water partition coefficient (Wildman–Crippen LogP) is 4.46. The summed E-state index contributed by atoms with van der Waals surface area (Å²) in [4.78, 5) is 7.85. The summed E-state index contributed by atoms with van der Waals surface area (Å²) in [5, 5.41) is 7.05. The minimum atomic E-state index is -2.56. The average Bonchev–Trinajstić information content (AvgIpc) is 3.06. The van der Waals surface area contributed by atoms with Crippen LogP contribution >= 0.6 is 0 Å². The third kappa shape index (κ3) is 4.53. The molecule has 3 rings (SSSR count). The topological polar surface area (TPSA) is 73.1 Å². The van der Waals surface area contributed by atoms with Gasteiger partial charge in [0.1, 0.15) is 11.4 Å². The molecule has 2 heterocycles. The minimum absolute atomic E-state index is 0.0803. The number of hydrogen-bond acceptors (Lipinski definition) is 6. The number of benzene rings is 1. The van der Waals surface area contributed by atoms with Crippen LogP contribution < -0.4 is 10.1 Å². The van der Waals surface area contributed by atoms with E-state index >= 15 is 0 Å². The Hall–Kier alpha value is -3.03. The second kappa shape index (κ2) is 7.90. The Labute approximate surface area is 149 Å². The first-order valence-corrected chi connectivity index (χ1v) is 8.04. The molecule has 6 nitrogen and oxygen atoms in total. The summed E-state index contributed by atoms with van der Waals surface area (Å²) in [5.74, 6) is 1.65. The highest BCUT2D eigenvalue weighted by molar-refractivity contribution is 5.48. The molecule has 8 heteroatoms. The summed E-state index contributed by atoms with van der Waals surface area (Å²) >= 11 is 0. The molecule has 0 amide bonds. The minimum Gasteiger partial charge on any atom is -0.485 e. The molecular formula is C18H18F2N4O2. The molecule has 26 heavy (non-hydrogen) atoms. The van der Waals surface area contributed by atoms with Crippen LogP contribution in [-0.4, -0.2) is 15.1 Å². The van der Waals surface area contributed by atoms with Crippen molar-refractivity contribution in [2.75, 3.05) is 5.32 Å². The van der Waals surface area contributed by atoms with Gasteiger partial charge < -0.3 is 14.6 Å². The molecule has 0 aliphatic rings. The van der Waals surface area contributed by atoms with Gasteiger partial charge >= 0.3 is 0 Å². The number of rotatable bonds is 7. The number of nitrogens with one attached hydrogen (secondary N) is 1. The van der Waals surface area contributed by atoms with Crippen LogP contribution in [0.5, 0.6) is 5.75 Å². The lowest BCUT2D eigenvalue weighted by Crippen LogP contribution is -2.07. The van der Waals surface area contributed by atoms with E-state index in [4.69, 9.17) is 9.26 Å². The fourth-order valence-corrected chi connectivity index (χ4v) is 2.33. The number of pyridine rings is 1. The van der Waals surface area contributed by atoms with Crippen LogP contribution in [-0.2, 0) is 6.61 Å². The first-order chi connectivity index (χ1) is 12.5. The quantitative estimate of drug-likeness (QED) is 0.670. The molecule has 1 unspecified atom stereocenters. The zero-order valence-electron chi connectivity index (χ0n) is 14.3. The van der Waals surface area contributed by atoms with E-state index < -0.39 is 6.43 Å². The maximum atomic E-state index is 12.6. The van der Waals surface area contributed by atoms with Crippen molar-refractivity contribution in [3.63, 3.8) is 0 Å². The van der Waals surface area contributed by atoms with Crippen molar-refractivity contribution in [2.24, 2.45) is 0 Å². The van der Waals surface area contributed by atoms with Gasteiger partial charge in [-0.15, -0.1) is 0 Å². The van der Waals surface area contributed by atoms with Crippen LogP contribution in [0.2, 0.25) is 0 Å². The van der Waals surface area contributed by atoms with Gasteiger partial charge in [-0.05, 0) is 42.8 Å². The average molecular weight is 360 g/mol. The monoisotopic (exact) mass is 360 g/mol. The van der Waals surface area contributed by atoms with Crippen molar-refractivity contribution >= 4 is 5.69 Å². The van der Waals surface area contributed by atoms with Gasteiger partial charge in [0.05, 0.1) is 6.04 Å². The summed E-state index contributed by atoms with van der Waals surface area (Å²) in [6.45, 7) is 3.87. The standard InChI is InChI=1S/C18H18F2N4O2/c1-11(13-3-8-16(18(19)20)21-9-13)22-14-4-6-15(7-5-14)25-10-17-23-12(2)26-24-17/h3-9,11,18,22H,10H2,1-2H3. The molecule has 0 radical (unpaired) electrons. The number of ether oxygens (including phenoxy) is 1. The molecule has 2 aromatic heterocycles. The molecule has 1 aromatic carbocycles. The van der Waals surface area contributed by atoms with Gasteiger partial charge in [-0.2, -0.15) is 4.98 Å². The molecule has 136 valence electrons. The molecule has 0 saturated carbocycles. The van der Waals surface area contributed by atoms with Gasteiger partial charge in [0.2, 0.25) is 11.7 Å². The van der Waals surface area contributed by atoms with Crippen molar-refractivity contribution < 1.29 is 18.0 Å². The van der Waals surface area contributed by atoms with E-state index in [0.29, 0.717) is 17.5 Å². The van der Waals surface area contributed by atoms with Crippen LogP contribution in [0, 0.1) is 6.92 Å². The van der Waals surface area contributed by atoms with E-state index in [0.717, 1.165) is 11.3 Å². The molecular weight excluding hydrogens is 342 g/mol. The summed E-state index contributed by atoms with van der Waals surface area (Å²) in [6.07, 6.45) is -1.10. The van der Waals surface area contributed by atoms with E-state index in [1.165, 1.54) is 12.3 Å². The second-order valence-electron chi connectivity index (χ2n) is 5.73. The van der Waals surface area contributed by atoms with Gasteiger partial charge in [-0.1, -0.05) is 11.2 Å². The number of nitrogens with zero attached hydrogens (tertiary/aromatic N) is 3. The summed E-state index contributed by atoms with van der Waals surface area (Å²) in [7, 11) is 0. The third-order valence-electron chi connectivity index (χ3n) is 3.71. The Morgan fingerprint density at radius 1 is 1.15 bits per heavy atom. The molecule has 0 fully saturated rings. The molecule has 0 bridgehead atoms. The van der Waals surface area contributed by atoms with Crippen LogP contribution in [0.15, 0.2) is 47.1 Å². The third-order valence-corrected chi connectivity index (χ3v) is 3.71. The summed E-state index contributed by atoms with van der Waals surface area (Å²) in [6, 6.07) is 10.3. The second-order valence-corrected chi connectivity index (χ2v) is 5.73. The molecule has 0 aliphatic carbocycles. The van der Waals surface area contributed by atoms with Gasteiger partial charge in [0, 0.05) is 18.8 Å². The van der Waals surface area contributed by atoms with Crippen molar-refractivity contribution in [3.05, 3.63) is 65.6 Å². The number of alkyl halides is 2. The Bertz CT molecular complexity index is 835. The summed E-state index contributed by atoms with van der Waals surface area (Å²) < 4.78 is 35.6. The van der Waals surface area contributed by atoms with Crippen LogP contribution in [0.4, 0.5) is 14.5 Å². The smallest absolute Gasteiger partial charge is 0.280 e. The van der Waals surface area contributed by atoms with Gasteiger partial charge in [0.15, 0.2) is 6.61 Å². The number of halogens is 2. The zero-order valence-corrected chi connectivity index (χ0v) is 14.3. The molecule has 3 aromatic rings. The van der Waals surface area contributed by atoms with Crippen molar-refractivity contribution in [1.29, 1.82) is 0 Å². The predicted molar refractivity (Wildman–Crippen MR) is 91.0 cm³/mol. The van der Waals surface area contributed by atoms with E-state index in [2.05, 4.69) is 20.4 Å². The first-order valence-electron chi connectivity index (χ1n) is 8.04. The number of hydrogen-bond donors (Lipinski definition) is 1.